The summed E-state index contributed by atoms with van der Waals surface area (Å²) >= 11 is 0. The Hall–Kier alpha value is -3.50. The number of nitrogens with one attached hydrogen (secondary N) is 1. The van der Waals surface area contributed by atoms with Crippen molar-refractivity contribution in [3.05, 3.63) is 29.1 Å². The van der Waals surface area contributed by atoms with Gasteiger partial charge in [-0.1, -0.05) is 0 Å². The predicted molar refractivity (Wildman–Crippen MR) is 122 cm³/mol. The molecule has 3 fully saturated rings. The van der Waals surface area contributed by atoms with Crippen LogP contribution in [0.2, 0.25) is 0 Å². The molecule has 3 unspecified atom stereocenters. The summed E-state index contributed by atoms with van der Waals surface area (Å²) in [7, 11) is 0. The number of amides is 5. The van der Waals surface area contributed by atoms with E-state index in [4.69, 9.17) is 4.74 Å². The zero-order valence-corrected chi connectivity index (χ0v) is 20.2. The van der Waals surface area contributed by atoms with Crippen molar-refractivity contribution < 1.29 is 33.1 Å². The van der Waals surface area contributed by atoms with Crippen LogP contribution in [0, 0.1) is 12.7 Å². The molecule has 188 valence electrons. The smallest absolute Gasteiger partial charge is 0.410 e. The van der Waals surface area contributed by atoms with Crippen molar-refractivity contribution in [2.75, 3.05) is 18.0 Å². The minimum atomic E-state index is -1.13. The van der Waals surface area contributed by atoms with E-state index in [1.54, 1.807) is 38.7 Å². The fourth-order valence-corrected chi connectivity index (χ4v) is 4.92. The Labute approximate surface area is 202 Å². The van der Waals surface area contributed by atoms with E-state index < -0.39 is 41.3 Å². The van der Waals surface area contributed by atoms with Gasteiger partial charge < -0.3 is 14.5 Å². The normalized spacial score (nSPS) is 23.9. The van der Waals surface area contributed by atoms with Gasteiger partial charge in [-0.2, -0.15) is 0 Å². The van der Waals surface area contributed by atoms with E-state index in [0.29, 0.717) is 29.2 Å². The maximum absolute atomic E-state index is 15.3. The van der Waals surface area contributed by atoms with E-state index in [1.165, 1.54) is 0 Å². The van der Waals surface area contributed by atoms with E-state index in [1.807, 2.05) is 4.90 Å². The number of ether oxygens (including phenoxy) is 1. The first-order valence-corrected chi connectivity index (χ1v) is 11.6. The largest absolute Gasteiger partial charge is 0.444 e. The van der Waals surface area contributed by atoms with Crippen molar-refractivity contribution >= 4 is 35.9 Å². The van der Waals surface area contributed by atoms with Gasteiger partial charge in [0, 0.05) is 37.2 Å². The molecule has 1 aromatic carbocycles. The number of carbonyl (C=O) groups is 5. The first-order valence-electron chi connectivity index (χ1n) is 11.6. The molecular formula is C24H29FN4O6. The molecule has 5 amide bonds. The monoisotopic (exact) mass is 488 g/mol. The molecule has 3 heterocycles. The zero-order valence-electron chi connectivity index (χ0n) is 20.2. The minimum Gasteiger partial charge on any atom is -0.444 e. The van der Waals surface area contributed by atoms with Gasteiger partial charge in [-0.05, 0) is 58.2 Å². The first-order chi connectivity index (χ1) is 16.4. The molecule has 1 N–H and O–H groups in total. The Morgan fingerprint density at radius 2 is 1.86 bits per heavy atom. The van der Waals surface area contributed by atoms with Gasteiger partial charge in [0.2, 0.25) is 18.2 Å². The Kier molecular flexibility index (Phi) is 6.29. The van der Waals surface area contributed by atoms with Crippen molar-refractivity contribution in [2.24, 2.45) is 0 Å². The van der Waals surface area contributed by atoms with Crippen LogP contribution in [0.15, 0.2) is 12.1 Å². The number of nitrogens with zero attached hydrogens (tertiary/aromatic N) is 3. The highest BCUT2D eigenvalue weighted by atomic mass is 19.1. The molecule has 0 spiro atoms. The van der Waals surface area contributed by atoms with Gasteiger partial charge in [-0.25, -0.2) is 9.18 Å². The van der Waals surface area contributed by atoms with Crippen molar-refractivity contribution in [2.45, 2.75) is 70.7 Å². The third-order valence-corrected chi connectivity index (χ3v) is 6.54. The number of imide groups is 2. The first kappa shape index (κ1) is 24.6. The second-order valence-electron chi connectivity index (χ2n) is 10.2. The van der Waals surface area contributed by atoms with Crippen molar-refractivity contribution in [3.8, 4) is 0 Å². The number of hydrogen-bond acceptors (Lipinski definition) is 7. The molecule has 4 rings (SSSR count). The summed E-state index contributed by atoms with van der Waals surface area (Å²) in [4.78, 5) is 64.9. The summed E-state index contributed by atoms with van der Waals surface area (Å²) in [5, 5.41) is 2.11. The Morgan fingerprint density at radius 3 is 2.43 bits per heavy atom. The molecule has 2 bridgehead atoms. The average molecular weight is 489 g/mol. The maximum atomic E-state index is 15.3. The van der Waals surface area contributed by atoms with Gasteiger partial charge in [-0.3, -0.25) is 29.4 Å². The molecule has 0 saturated carbocycles. The topological polar surface area (TPSA) is 116 Å². The summed E-state index contributed by atoms with van der Waals surface area (Å²) in [5.41, 5.74) is 0.124. The molecule has 0 radical (unpaired) electrons. The van der Waals surface area contributed by atoms with Crippen LogP contribution in [0.5, 0.6) is 0 Å². The summed E-state index contributed by atoms with van der Waals surface area (Å²) in [6.07, 6.45) is 0.663. The van der Waals surface area contributed by atoms with Crippen LogP contribution in [0.25, 0.3) is 0 Å². The number of carbonyl (C=O) groups excluding carboxylic acids is 5. The van der Waals surface area contributed by atoms with Crippen LogP contribution >= 0.6 is 0 Å². The lowest BCUT2D eigenvalue weighted by atomic mass is 9.86. The number of piperidine rings is 2. The third-order valence-electron chi connectivity index (χ3n) is 6.54. The summed E-state index contributed by atoms with van der Waals surface area (Å²) in [5.74, 6) is -2.65. The summed E-state index contributed by atoms with van der Waals surface area (Å²) < 4.78 is 20.7. The molecule has 0 aliphatic carbocycles. The number of likely N-dealkylation sites (tertiary alicyclic amines) is 1. The third kappa shape index (κ3) is 4.71. The van der Waals surface area contributed by atoms with E-state index in [0.717, 1.165) is 12.5 Å². The SMILES string of the molecule is Cc1cc(N2C3CC2CN(C(=O)OC(C)(C)C)C3)c(F)cc1C(=O)N(C=O)C1CCC(=O)NC1=O. The van der Waals surface area contributed by atoms with Crippen molar-refractivity contribution in [1.29, 1.82) is 0 Å². The maximum Gasteiger partial charge on any atom is 0.410 e. The lowest BCUT2D eigenvalue weighted by Gasteiger charge is -2.57. The summed E-state index contributed by atoms with van der Waals surface area (Å²) in [6.45, 7) is 7.84. The average Bonchev–Trinajstić information content (AvgIpc) is 2.76. The molecule has 3 aliphatic rings. The molecule has 3 saturated heterocycles. The minimum absolute atomic E-state index is 0.00163. The van der Waals surface area contributed by atoms with Gasteiger partial charge in [0.15, 0.2) is 0 Å². The number of benzene rings is 1. The molecule has 3 atom stereocenters. The molecule has 0 aromatic heterocycles. The molecular weight excluding hydrogens is 459 g/mol. The number of anilines is 1. The highest BCUT2D eigenvalue weighted by Gasteiger charge is 2.48. The standard InChI is InChI=1S/C24H29FN4O6/c1-13-7-19(29-14-8-15(29)11-27(10-14)23(34)35-24(2,3)4)17(25)9-16(13)22(33)28(12-30)18-5-6-20(31)26-21(18)32/h7,9,12,14-15,18H,5-6,8,10-11H2,1-4H3,(H,26,31,32). The molecule has 3 aliphatic heterocycles. The highest BCUT2D eigenvalue weighted by molar-refractivity contribution is 6.07. The molecule has 35 heavy (non-hydrogen) atoms. The van der Waals surface area contributed by atoms with Crippen LogP contribution in [0.1, 0.15) is 56.0 Å². The lowest BCUT2D eigenvalue weighted by Crippen LogP contribution is -2.70. The fraction of sp³-hybridized carbons (Fsp3) is 0.542. The van der Waals surface area contributed by atoms with E-state index >= 15 is 4.39 Å². The Morgan fingerprint density at radius 1 is 1.20 bits per heavy atom. The van der Waals surface area contributed by atoms with Crippen LogP contribution < -0.4 is 10.2 Å². The van der Waals surface area contributed by atoms with Gasteiger partial charge in [-0.15, -0.1) is 0 Å². The van der Waals surface area contributed by atoms with Crippen LogP contribution in [0.3, 0.4) is 0 Å². The quantitative estimate of drug-likeness (QED) is 0.507. The van der Waals surface area contributed by atoms with Gasteiger partial charge in [0.1, 0.15) is 17.5 Å². The second-order valence-corrected chi connectivity index (χ2v) is 10.2. The number of rotatable bonds is 4. The molecule has 10 nitrogen and oxygen atoms in total. The zero-order chi connectivity index (χ0) is 25.7. The van der Waals surface area contributed by atoms with E-state index in [9.17, 15) is 24.0 Å². The van der Waals surface area contributed by atoms with Crippen molar-refractivity contribution in [1.82, 2.24) is 15.1 Å². The highest BCUT2D eigenvalue weighted by Crippen LogP contribution is 2.39. The van der Waals surface area contributed by atoms with Crippen LogP contribution in [-0.4, -0.2) is 76.8 Å². The van der Waals surface area contributed by atoms with Gasteiger partial charge >= 0.3 is 6.09 Å². The summed E-state index contributed by atoms with van der Waals surface area (Å²) in [6, 6.07) is 1.35. The lowest BCUT2D eigenvalue weighted by molar-refractivity contribution is -0.139. The van der Waals surface area contributed by atoms with E-state index in [2.05, 4.69) is 5.32 Å². The van der Waals surface area contributed by atoms with Gasteiger partial charge in [0.25, 0.3) is 5.91 Å². The number of hydrogen-bond donors (Lipinski definition) is 1. The molecule has 1 aromatic rings. The van der Waals surface area contributed by atoms with Gasteiger partial charge in [0.05, 0.1) is 5.69 Å². The van der Waals surface area contributed by atoms with Crippen LogP contribution in [0.4, 0.5) is 14.9 Å². The Balaban J connectivity index is 1.50. The van der Waals surface area contributed by atoms with Crippen LogP contribution in [-0.2, 0) is 19.1 Å². The predicted octanol–water partition coefficient (Wildman–Crippen LogP) is 1.74. The molecule has 11 heteroatoms. The number of aryl methyl sites for hydroxylation is 1. The van der Waals surface area contributed by atoms with E-state index in [-0.39, 0.29) is 36.9 Å². The second kappa shape index (κ2) is 8.94. The fourth-order valence-electron chi connectivity index (χ4n) is 4.92. The number of piperazine rings is 1. The van der Waals surface area contributed by atoms with Crippen molar-refractivity contribution in [3.63, 3.8) is 0 Å². The number of fused-ring (bicyclic) bond motifs is 2. The number of halogens is 1. The Bertz CT molecular complexity index is 1090.